The molecule has 0 bridgehead atoms. The molecule has 0 atom stereocenters. The first-order chi connectivity index (χ1) is 10.7. The maximum Gasteiger partial charge on any atom is 0.416 e. The van der Waals surface area contributed by atoms with Crippen LogP contribution in [0.4, 0.5) is 13.2 Å². The van der Waals surface area contributed by atoms with Crippen molar-refractivity contribution in [1.29, 1.82) is 0 Å². The summed E-state index contributed by atoms with van der Waals surface area (Å²) in [5.41, 5.74) is 3.27. The van der Waals surface area contributed by atoms with Gasteiger partial charge in [0.15, 0.2) is 6.61 Å². The Labute approximate surface area is 129 Å². The van der Waals surface area contributed by atoms with Crippen LogP contribution < -0.4 is 10.9 Å². The van der Waals surface area contributed by atoms with E-state index in [2.05, 4.69) is 4.74 Å². The summed E-state index contributed by atoms with van der Waals surface area (Å²) in [7, 11) is 0. The normalized spacial score (nSPS) is 11.1. The molecule has 2 N–H and O–H groups in total. The molecule has 1 rings (SSSR count). The van der Waals surface area contributed by atoms with Crippen molar-refractivity contribution in [2.24, 2.45) is 0 Å². The molecule has 0 aliphatic carbocycles. The minimum absolute atomic E-state index is 0.152. The molecule has 0 aliphatic heterocycles. The summed E-state index contributed by atoms with van der Waals surface area (Å²) in [6.45, 7) is 0.524. The second kappa shape index (κ2) is 7.97. The quantitative estimate of drug-likeness (QED) is 0.497. The van der Waals surface area contributed by atoms with Gasteiger partial charge < -0.3 is 4.74 Å². The maximum absolute atomic E-state index is 12.5. The number of carbonyl (C=O) groups excluding carboxylic acids is 3. The van der Waals surface area contributed by atoms with Crippen LogP contribution in [0.1, 0.15) is 18.1 Å². The van der Waals surface area contributed by atoms with Gasteiger partial charge in [0.1, 0.15) is 0 Å². The average molecular weight is 330 g/mol. The molecule has 0 aromatic heterocycles. The van der Waals surface area contributed by atoms with Crippen LogP contribution in [0, 0.1) is 0 Å². The summed E-state index contributed by atoms with van der Waals surface area (Å²) in [5.74, 6) is -2.18. The molecular formula is C14H13F3N2O4. The monoisotopic (exact) mass is 330 g/mol. The van der Waals surface area contributed by atoms with Crippen molar-refractivity contribution in [3.05, 3.63) is 41.5 Å². The summed E-state index contributed by atoms with van der Waals surface area (Å²) >= 11 is 0. The smallest absolute Gasteiger partial charge is 0.416 e. The van der Waals surface area contributed by atoms with Crippen molar-refractivity contribution >= 4 is 23.9 Å². The molecule has 0 fully saturated rings. The Hall–Kier alpha value is -2.84. The zero-order valence-electron chi connectivity index (χ0n) is 11.9. The molecule has 1 aromatic carbocycles. The zero-order chi connectivity index (χ0) is 17.5. The Morgan fingerprint density at radius 1 is 1.22 bits per heavy atom. The number of amides is 2. The Bertz CT molecular complexity index is 627. The highest BCUT2D eigenvalue weighted by atomic mass is 19.4. The highest BCUT2D eigenvalue weighted by molar-refractivity contribution is 5.89. The molecule has 0 radical (unpaired) electrons. The number of hydrazine groups is 1. The molecule has 0 heterocycles. The lowest BCUT2D eigenvalue weighted by atomic mass is 10.1. The molecule has 23 heavy (non-hydrogen) atoms. The molecule has 0 aliphatic rings. The number of benzene rings is 1. The number of ether oxygens (including phenoxy) is 1. The number of hydrogen-bond acceptors (Lipinski definition) is 4. The van der Waals surface area contributed by atoms with Crippen molar-refractivity contribution in [3.63, 3.8) is 0 Å². The summed E-state index contributed by atoms with van der Waals surface area (Å²) in [6, 6.07) is 4.35. The fraction of sp³-hybridized carbons (Fsp3) is 0.214. The largest absolute Gasteiger partial charge is 0.452 e. The first-order valence-electron chi connectivity index (χ1n) is 6.26. The second-order valence-corrected chi connectivity index (χ2v) is 4.29. The van der Waals surface area contributed by atoms with E-state index in [1.54, 1.807) is 0 Å². The number of alkyl halides is 3. The van der Waals surface area contributed by atoms with Crippen LogP contribution in [0.3, 0.4) is 0 Å². The third-order valence-electron chi connectivity index (χ3n) is 2.35. The molecule has 124 valence electrons. The number of halogens is 3. The number of esters is 1. The van der Waals surface area contributed by atoms with E-state index < -0.39 is 36.1 Å². The summed E-state index contributed by atoms with van der Waals surface area (Å²) in [5, 5.41) is 0. The topological polar surface area (TPSA) is 84.5 Å². The van der Waals surface area contributed by atoms with Crippen molar-refractivity contribution in [1.82, 2.24) is 10.9 Å². The molecule has 9 heteroatoms. The number of rotatable bonds is 4. The van der Waals surface area contributed by atoms with Gasteiger partial charge >= 0.3 is 12.1 Å². The highest BCUT2D eigenvalue weighted by Gasteiger charge is 2.30. The molecule has 0 saturated heterocycles. The van der Waals surface area contributed by atoms with E-state index in [1.165, 1.54) is 19.1 Å². The molecule has 0 spiro atoms. The van der Waals surface area contributed by atoms with Gasteiger partial charge in [-0.15, -0.1) is 0 Å². The minimum atomic E-state index is -4.48. The van der Waals surface area contributed by atoms with Crippen molar-refractivity contribution in [2.45, 2.75) is 13.1 Å². The number of nitrogens with one attached hydrogen (secondary N) is 2. The fourth-order valence-electron chi connectivity index (χ4n) is 1.36. The van der Waals surface area contributed by atoms with Gasteiger partial charge in [-0.1, -0.05) is 12.1 Å². The molecule has 0 saturated carbocycles. The average Bonchev–Trinajstić information content (AvgIpc) is 2.48. The van der Waals surface area contributed by atoms with Crippen LogP contribution in [0.2, 0.25) is 0 Å². The molecule has 0 unspecified atom stereocenters. The van der Waals surface area contributed by atoms with Crippen LogP contribution in [0.5, 0.6) is 0 Å². The van der Waals surface area contributed by atoms with Crippen LogP contribution in [-0.4, -0.2) is 24.4 Å². The van der Waals surface area contributed by atoms with Gasteiger partial charge in [-0.2, -0.15) is 13.2 Å². The van der Waals surface area contributed by atoms with Crippen LogP contribution in [0.25, 0.3) is 6.08 Å². The highest BCUT2D eigenvalue weighted by Crippen LogP contribution is 2.29. The first kappa shape index (κ1) is 18.2. The van der Waals surface area contributed by atoms with Crippen molar-refractivity contribution < 1.29 is 32.3 Å². The SMILES string of the molecule is CC(=O)NNC(=O)COC(=O)/C=C/c1cccc(C(F)(F)F)c1. The van der Waals surface area contributed by atoms with Crippen LogP contribution in [0.15, 0.2) is 30.3 Å². The van der Waals surface area contributed by atoms with E-state index in [-0.39, 0.29) is 5.56 Å². The third-order valence-corrected chi connectivity index (χ3v) is 2.35. The van der Waals surface area contributed by atoms with E-state index >= 15 is 0 Å². The van der Waals surface area contributed by atoms with Gasteiger partial charge in [-0.25, -0.2) is 4.79 Å². The van der Waals surface area contributed by atoms with Gasteiger partial charge in [0.25, 0.3) is 5.91 Å². The third kappa shape index (κ3) is 7.11. The Kier molecular flexibility index (Phi) is 6.31. The standard InChI is InChI=1S/C14H13F3N2O4/c1-9(20)18-19-12(21)8-23-13(22)6-5-10-3-2-4-11(7-10)14(15,16)17/h2-7H,8H2,1H3,(H,18,20)(H,19,21)/b6-5+. The van der Waals surface area contributed by atoms with Gasteiger partial charge in [0, 0.05) is 13.0 Å². The number of carbonyl (C=O) groups is 3. The predicted octanol–water partition coefficient (Wildman–Crippen LogP) is 1.43. The lowest BCUT2D eigenvalue weighted by Gasteiger charge is -2.06. The van der Waals surface area contributed by atoms with Gasteiger partial charge in [-0.05, 0) is 23.8 Å². The second-order valence-electron chi connectivity index (χ2n) is 4.29. The molecule has 1 aromatic rings. The van der Waals surface area contributed by atoms with Gasteiger partial charge in [-0.3, -0.25) is 20.4 Å². The summed E-state index contributed by atoms with van der Waals surface area (Å²) < 4.78 is 42.1. The maximum atomic E-state index is 12.5. The van der Waals surface area contributed by atoms with Crippen LogP contribution in [-0.2, 0) is 25.3 Å². The minimum Gasteiger partial charge on any atom is -0.452 e. The van der Waals surface area contributed by atoms with Gasteiger partial charge in [0.05, 0.1) is 5.56 Å². The van der Waals surface area contributed by atoms with E-state index in [0.29, 0.717) is 0 Å². The Morgan fingerprint density at radius 3 is 2.52 bits per heavy atom. The lowest BCUT2D eigenvalue weighted by Crippen LogP contribution is -2.42. The van der Waals surface area contributed by atoms with E-state index in [0.717, 1.165) is 24.3 Å². The van der Waals surface area contributed by atoms with E-state index in [9.17, 15) is 27.6 Å². The van der Waals surface area contributed by atoms with Crippen LogP contribution >= 0.6 is 0 Å². The van der Waals surface area contributed by atoms with Crippen molar-refractivity contribution in [3.8, 4) is 0 Å². The van der Waals surface area contributed by atoms with E-state index in [1.807, 2.05) is 10.9 Å². The van der Waals surface area contributed by atoms with Gasteiger partial charge in [0.2, 0.25) is 5.91 Å². The summed E-state index contributed by atoms with van der Waals surface area (Å²) in [4.78, 5) is 33.0. The van der Waals surface area contributed by atoms with E-state index in [4.69, 9.17) is 0 Å². The predicted molar refractivity (Wildman–Crippen MR) is 73.4 cm³/mol. The zero-order valence-corrected chi connectivity index (χ0v) is 11.9. The Balaban J connectivity index is 2.53. The summed E-state index contributed by atoms with van der Waals surface area (Å²) in [6.07, 6.45) is -2.46. The first-order valence-corrected chi connectivity index (χ1v) is 6.26. The fourth-order valence-corrected chi connectivity index (χ4v) is 1.36. The molecule has 6 nitrogen and oxygen atoms in total. The van der Waals surface area contributed by atoms with Crippen molar-refractivity contribution in [2.75, 3.05) is 6.61 Å². The number of hydrogen-bond donors (Lipinski definition) is 2. The Morgan fingerprint density at radius 2 is 1.91 bits per heavy atom. The molecule has 2 amide bonds. The molecular weight excluding hydrogens is 317 g/mol. The lowest BCUT2D eigenvalue weighted by molar-refractivity contribution is -0.144.